The predicted octanol–water partition coefficient (Wildman–Crippen LogP) is 2.29. The third kappa shape index (κ3) is 3.80. The average molecular weight is 301 g/mol. The molecule has 3 N–H and O–H groups in total. The van der Waals surface area contributed by atoms with Crippen molar-refractivity contribution in [3.8, 4) is 0 Å². The van der Waals surface area contributed by atoms with Gasteiger partial charge in [-0.3, -0.25) is 4.79 Å². The number of benzene rings is 1. The van der Waals surface area contributed by atoms with E-state index in [0.717, 1.165) is 51.6 Å². The maximum absolute atomic E-state index is 12.4. The zero-order chi connectivity index (χ0) is 15.4. The van der Waals surface area contributed by atoms with E-state index in [9.17, 15) is 4.79 Å². The highest BCUT2D eigenvalue weighted by atomic mass is 16.1. The quantitative estimate of drug-likeness (QED) is 0.900. The highest BCUT2D eigenvalue weighted by Crippen LogP contribution is 2.24. The van der Waals surface area contributed by atoms with Crippen LogP contribution in [-0.2, 0) is 4.79 Å². The van der Waals surface area contributed by atoms with Gasteiger partial charge in [-0.15, -0.1) is 0 Å². The molecular weight excluding hydrogens is 274 g/mol. The predicted molar refractivity (Wildman–Crippen MR) is 89.8 cm³/mol. The van der Waals surface area contributed by atoms with Gasteiger partial charge in [0, 0.05) is 36.8 Å². The minimum atomic E-state index is 0.135. The largest absolute Gasteiger partial charge is 0.371 e. The average Bonchev–Trinajstić information content (AvgIpc) is 2.56. The monoisotopic (exact) mass is 301 g/mol. The second kappa shape index (κ2) is 7.14. The smallest absolute Gasteiger partial charge is 0.223 e. The summed E-state index contributed by atoms with van der Waals surface area (Å²) in [4.78, 5) is 14.8. The molecule has 4 heteroatoms. The molecule has 3 rings (SSSR count). The number of hydrogen-bond donors (Lipinski definition) is 2. The zero-order valence-electron chi connectivity index (χ0n) is 13.2. The maximum atomic E-state index is 12.4. The van der Waals surface area contributed by atoms with E-state index in [1.54, 1.807) is 0 Å². The van der Waals surface area contributed by atoms with Crippen LogP contribution in [0.5, 0.6) is 0 Å². The molecule has 1 saturated carbocycles. The van der Waals surface area contributed by atoms with Crippen LogP contribution in [-0.4, -0.2) is 31.1 Å². The summed E-state index contributed by atoms with van der Waals surface area (Å²) in [6, 6.07) is 11.1. The number of nitrogens with one attached hydrogen (secondary N) is 1. The highest BCUT2D eigenvalue weighted by molar-refractivity contribution is 5.79. The van der Waals surface area contributed by atoms with Crippen molar-refractivity contribution in [2.75, 3.05) is 18.0 Å². The number of piperidine rings is 1. The molecule has 1 aliphatic carbocycles. The molecule has 0 spiro atoms. The molecule has 0 aromatic heterocycles. The number of hydrogen-bond acceptors (Lipinski definition) is 3. The van der Waals surface area contributed by atoms with Gasteiger partial charge in [-0.2, -0.15) is 0 Å². The van der Waals surface area contributed by atoms with Crippen molar-refractivity contribution in [2.24, 2.45) is 11.7 Å². The lowest BCUT2D eigenvalue weighted by atomic mass is 9.85. The van der Waals surface area contributed by atoms with Crippen LogP contribution in [0.1, 0.15) is 38.5 Å². The standard InChI is InChI=1S/C18H27N3O/c19-15-6-4-5-14(13-15)18(22)20-16-9-11-21(12-10-16)17-7-2-1-3-8-17/h1-3,7-8,14-16H,4-6,9-13,19H2,(H,20,22). The van der Waals surface area contributed by atoms with Crippen molar-refractivity contribution >= 4 is 11.6 Å². The Morgan fingerprint density at radius 3 is 2.50 bits per heavy atom. The fourth-order valence-electron chi connectivity index (χ4n) is 3.71. The normalized spacial score (nSPS) is 26.7. The summed E-state index contributed by atoms with van der Waals surface area (Å²) in [5, 5.41) is 3.26. The molecule has 1 amide bonds. The second-order valence-electron chi connectivity index (χ2n) is 6.73. The van der Waals surface area contributed by atoms with Gasteiger partial charge in [0.25, 0.3) is 0 Å². The Bertz CT molecular complexity index is 482. The van der Waals surface area contributed by atoms with Gasteiger partial charge in [-0.1, -0.05) is 24.6 Å². The van der Waals surface area contributed by atoms with Crippen LogP contribution in [0.3, 0.4) is 0 Å². The first-order chi connectivity index (χ1) is 10.7. The summed E-state index contributed by atoms with van der Waals surface area (Å²) in [7, 11) is 0. The first kappa shape index (κ1) is 15.3. The van der Waals surface area contributed by atoms with Crippen molar-refractivity contribution in [3.05, 3.63) is 30.3 Å². The van der Waals surface area contributed by atoms with Gasteiger partial charge in [-0.25, -0.2) is 0 Å². The van der Waals surface area contributed by atoms with Crippen LogP contribution in [0, 0.1) is 5.92 Å². The SMILES string of the molecule is NC1CCCC(C(=O)NC2CCN(c3ccccc3)CC2)C1. The third-order valence-corrected chi connectivity index (χ3v) is 5.05. The van der Waals surface area contributed by atoms with Gasteiger partial charge >= 0.3 is 0 Å². The van der Waals surface area contributed by atoms with Gasteiger partial charge in [0.05, 0.1) is 0 Å². The van der Waals surface area contributed by atoms with E-state index in [0.29, 0.717) is 6.04 Å². The van der Waals surface area contributed by atoms with Crippen molar-refractivity contribution in [1.29, 1.82) is 0 Å². The molecule has 0 radical (unpaired) electrons. The first-order valence-corrected chi connectivity index (χ1v) is 8.58. The van der Waals surface area contributed by atoms with Crippen molar-refractivity contribution < 1.29 is 4.79 Å². The van der Waals surface area contributed by atoms with E-state index in [4.69, 9.17) is 5.73 Å². The molecule has 1 aromatic rings. The van der Waals surface area contributed by atoms with Gasteiger partial charge in [0.15, 0.2) is 0 Å². The number of carbonyl (C=O) groups excluding carboxylic acids is 1. The number of rotatable bonds is 3. The van der Waals surface area contributed by atoms with E-state index < -0.39 is 0 Å². The van der Waals surface area contributed by atoms with E-state index in [-0.39, 0.29) is 17.9 Å². The topological polar surface area (TPSA) is 58.4 Å². The van der Waals surface area contributed by atoms with Crippen LogP contribution in [0.4, 0.5) is 5.69 Å². The maximum Gasteiger partial charge on any atom is 0.223 e. The molecule has 2 unspecified atom stereocenters. The fraction of sp³-hybridized carbons (Fsp3) is 0.611. The fourth-order valence-corrected chi connectivity index (χ4v) is 3.71. The van der Waals surface area contributed by atoms with Gasteiger partial charge in [-0.05, 0) is 44.2 Å². The van der Waals surface area contributed by atoms with Gasteiger partial charge in [0.1, 0.15) is 0 Å². The molecule has 4 nitrogen and oxygen atoms in total. The number of carbonyl (C=O) groups is 1. The minimum absolute atomic E-state index is 0.135. The molecule has 2 fully saturated rings. The van der Waals surface area contributed by atoms with E-state index in [2.05, 4.69) is 34.5 Å². The van der Waals surface area contributed by atoms with Crippen LogP contribution in [0.25, 0.3) is 0 Å². The summed E-state index contributed by atoms with van der Waals surface area (Å²) in [6.07, 6.45) is 6.07. The van der Waals surface area contributed by atoms with Crippen molar-refractivity contribution in [2.45, 2.75) is 50.6 Å². The summed E-state index contributed by atoms with van der Waals surface area (Å²) < 4.78 is 0. The van der Waals surface area contributed by atoms with Crippen molar-refractivity contribution in [1.82, 2.24) is 5.32 Å². The van der Waals surface area contributed by atoms with Gasteiger partial charge < -0.3 is 16.0 Å². The van der Waals surface area contributed by atoms with E-state index in [1.165, 1.54) is 5.69 Å². The molecular formula is C18H27N3O. The van der Waals surface area contributed by atoms with Crippen LogP contribution in [0.2, 0.25) is 0 Å². The lowest BCUT2D eigenvalue weighted by Crippen LogP contribution is -2.47. The Hall–Kier alpha value is -1.55. The van der Waals surface area contributed by atoms with Gasteiger partial charge in [0.2, 0.25) is 5.91 Å². The van der Waals surface area contributed by atoms with Crippen LogP contribution in [0.15, 0.2) is 30.3 Å². The summed E-state index contributed by atoms with van der Waals surface area (Å²) in [6.45, 7) is 2.03. The highest BCUT2D eigenvalue weighted by Gasteiger charge is 2.28. The van der Waals surface area contributed by atoms with Crippen molar-refractivity contribution in [3.63, 3.8) is 0 Å². The summed E-state index contributed by atoms with van der Waals surface area (Å²) >= 11 is 0. The number of para-hydroxylation sites is 1. The Kier molecular flexibility index (Phi) is 4.98. The summed E-state index contributed by atoms with van der Waals surface area (Å²) in [5.74, 6) is 0.365. The van der Waals surface area contributed by atoms with Crippen LogP contribution >= 0.6 is 0 Å². The lowest BCUT2D eigenvalue weighted by Gasteiger charge is -2.35. The molecule has 1 aliphatic heterocycles. The molecule has 22 heavy (non-hydrogen) atoms. The van der Waals surface area contributed by atoms with E-state index >= 15 is 0 Å². The third-order valence-electron chi connectivity index (χ3n) is 5.05. The van der Waals surface area contributed by atoms with Crippen LogP contribution < -0.4 is 16.0 Å². The molecule has 1 aromatic carbocycles. The number of anilines is 1. The zero-order valence-corrected chi connectivity index (χ0v) is 13.2. The summed E-state index contributed by atoms with van der Waals surface area (Å²) in [5.41, 5.74) is 7.27. The Labute approximate surface area is 133 Å². The molecule has 1 saturated heterocycles. The Morgan fingerprint density at radius 1 is 1.09 bits per heavy atom. The Balaban J connectivity index is 1.46. The first-order valence-electron chi connectivity index (χ1n) is 8.58. The Morgan fingerprint density at radius 2 is 1.82 bits per heavy atom. The number of nitrogens with two attached hydrogens (primary N) is 1. The molecule has 2 aliphatic rings. The number of nitrogens with zero attached hydrogens (tertiary/aromatic N) is 1. The lowest BCUT2D eigenvalue weighted by molar-refractivity contribution is -0.127. The molecule has 0 bridgehead atoms. The molecule has 2 atom stereocenters. The second-order valence-corrected chi connectivity index (χ2v) is 6.73. The minimum Gasteiger partial charge on any atom is -0.371 e. The molecule has 1 heterocycles. The molecule has 120 valence electrons. The van der Waals surface area contributed by atoms with E-state index in [1.807, 2.05) is 6.07 Å². The number of amides is 1.